The molecule has 108 valence electrons. The molecule has 0 fully saturated rings. The molecule has 0 N–H and O–H groups in total. The highest BCUT2D eigenvalue weighted by atomic mass is 16.6. The fourth-order valence-electron chi connectivity index (χ4n) is 1.39. The fraction of sp³-hybridized carbons (Fsp3) is 0.286. The lowest BCUT2D eigenvalue weighted by Gasteiger charge is -2.10. The average molecular weight is 280 g/mol. The summed E-state index contributed by atoms with van der Waals surface area (Å²) in [6.07, 6.45) is 1.03. The predicted molar refractivity (Wildman–Crippen MR) is 71.0 cm³/mol. The number of carbonyl (C=O) groups is 2. The van der Waals surface area contributed by atoms with E-state index in [2.05, 4.69) is 11.3 Å². The van der Waals surface area contributed by atoms with Crippen molar-refractivity contribution in [2.75, 3.05) is 27.4 Å². The monoisotopic (exact) mass is 280 g/mol. The van der Waals surface area contributed by atoms with Crippen LogP contribution in [0.25, 0.3) is 0 Å². The van der Waals surface area contributed by atoms with Crippen molar-refractivity contribution in [3.8, 4) is 11.5 Å². The summed E-state index contributed by atoms with van der Waals surface area (Å²) in [4.78, 5) is 22.7. The Morgan fingerprint density at radius 3 is 2.45 bits per heavy atom. The van der Waals surface area contributed by atoms with Gasteiger partial charge in [-0.25, -0.2) is 9.59 Å². The first-order valence-electron chi connectivity index (χ1n) is 5.80. The van der Waals surface area contributed by atoms with Crippen LogP contribution in [-0.2, 0) is 14.3 Å². The van der Waals surface area contributed by atoms with Crippen molar-refractivity contribution in [2.24, 2.45) is 0 Å². The normalized spacial score (nSPS) is 9.50. The van der Waals surface area contributed by atoms with Gasteiger partial charge in [-0.05, 0) is 18.2 Å². The number of hydrogen-bond acceptors (Lipinski definition) is 6. The third-order valence-electron chi connectivity index (χ3n) is 2.35. The van der Waals surface area contributed by atoms with Gasteiger partial charge in [0.15, 0.2) is 0 Å². The molecule has 0 aromatic heterocycles. The van der Waals surface area contributed by atoms with E-state index in [0.717, 1.165) is 6.08 Å². The number of hydrogen-bond donors (Lipinski definition) is 0. The van der Waals surface area contributed by atoms with E-state index in [1.165, 1.54) is 20.3 Å². The van der Waals surface area contributed by atoms with E-state index in [0.29, 0.717) is 11.5 Å². The molecule has 0 bridgehead atoms. The van der Waals surface area contributed by atoms with Crippen molar-refractivity contribution in [1.29, 1.82) is 0 Å². The molecule has 0 aliphatic heterocycles. The number of rotatable bonds is 7. The minimum atomic E-state index is -0.588. The van der Waals surface area contributed by atoms with Gasteiger partial charge in [-0.3, -0.25) is 0 Å². The summed E-state index contributed by atoms with van der Waals surface area (Å²) >= 11 is 0. The summed E-state index contributed by atoms with van der Waals surface area (Å²) in [6.45, 7) is 3.16. The highest BCUT2D eigenvalue weighted by Gasteiger charge is 2.15. The largest absolute Gasteiger partial charge is 0.497 e. The second kappa shape index (κ2) is 7.83. The Hall–Kier alpha value is -2.50. The Bertz CT molecular complexity index is 494. The summed E-state index contributed by atoms with van der Waals surface area (Å²) in [7, 11) is 2.94. The Morgan fingerprint density at radius 1 is 1.15 bits per heavy atom. The summed E-state index contributed by atoms with van der Waals surface area (Å²) in [5.74, 6) is -0.273. The quantitative estimate of drug-likeness (QED) is 0.429. The van der Waals surface area contributed by atoms with Gasteiger partial charge in [0.2, 0.25) is 0 Å². The lowest BCUT2D eigenvalue weighted by Crippen LogP contribution is -2.13. The maximum atomic E-state index is 11.9. The first kappa shape index (κ1) is 15.6. The number of ether oxygens (including phenoxy) is 4. The third kappa shape index (κ3) is 4.31. The Kier molecular flexibility index (Phi) is 6.09. The maximum Gasteiger partial charge on any atom is 0.342 e. The van der Waals surface area contributed by atoms with Gasteiger partial charge in [0, 0.05) is 6.08 Å². The topological polar surface area (TPSA) is 71.1 Å². The molecule has 1 aromatic carbocycles. The Morgan fingerprint density at radius 2 is 1.85 bits per heavy atom. The third-order valence-corrected chi connectivity index (χ3v) is 2.35. The molecule has 0 saturated carbocycles. The molecule has 0 unspecified atom stereocenters. The lowest BCUT2D eigenvalue weighted by molar-refractivity contribution is -0.138. The fourth-order valence-corrected chi connectivity index (χ4v) is 1.39. The molecule has 0 aliphatic rings. The van der Waals surface area contributed by atoms with Crippen molar-refractivity contribution >= 4 is 11.9 Å². The summed E-state index contributed by atoms with van der Waals surface area (Å²) in [6, 6.07) is 4.78. The van der Waals surface area contributed by atoms with E-state index in [1.807, 2.05) is 0 Å². The van der Waals surface area contributed by atoms with Crippen LogP contribution in [0.3, 0.4) is 0 Å². The minimum absolute atomic E-state index is 0.0388. The molecule has 0 radical (unpaired) electrons. The van der Waals surface area contributed by atoms with E-state index in [4.69, 9.17) is 14.2 Å². The zero-order valence-corrected chi connectivity index (χ0v) is 11.4. The van der Waals surface area contributed by atoms with Crippen LogP contribution in [0, 0.1) is 0 Å². The van der Waals surface area contributed by atoms with Crippen LogP contribution in [-0.4, -0.2) is 39.4 Å². The van der Waals surface area contributed by atoms with Gasteiger partial charge in [0.25, 0.3) is 0 Å². The Balaban J connectivity index is 2.62. The SMILES string of the molecule is C=CC(=O)OCCOC(=O)c1cc(OC)ccc1OC. The van der Waals surface area contributed by atoms with Gasteiger partial charge >= 0.3 is 11.9 Å². The molecule has 1 rings (SSSR count). The van der Waals surface area contributed by atoms with E-state index >= 15 is 0 Å². The molecule has 0 aliphatic carbocycles. The van der Waals surface area contributed by atoms with Gasteiger partial charge in [-0.15, -0.1) is 0 Å². The number of esters is 2. The Labute approximate surface area is 116 Å². The maximum absolute atomic E-state index is 11.9. The molecule has 0 atom stereocenters. The molecular formula is C14H16O6. The zero-order valence-electron chi connectivity index (χ0n) is 11.4. The van der Waals surface area contributed by atoms with Crippen molar-refractivity contribution < 1.29 is 28.5 Å². The van der Waals surface area contributed by atoms with Gasteiger partial charge in [0.05, 0.1) is 14.2 Å². The summed E-state index contributed by atoms with van der Waals surface area (Å²) in [5.41, 5.74) is 0.238. The first-order valence-corrected chi connectivity index (χ1v) is 5.80. The van der Waals surface area contributed by atoms with E-state index < -0.39 is 11.9 Å². The molecule has 6 nitrogen and oxygen atoms in total. The van der Waals surface area contributed by atoms with E-state index in [-0.39, 0.29) is 18.8 Å². The van der Waals surface area contributed by atoms with Gasteiger partial charge in [-0.2, -0.15) is 0 Å². The van der Waals surface area contributed by atoms with Crippen LogP contribution >= 0.6 is 0 Å². The molecule has 0 amide bonds. The molecular weight excluding hydrogens is 264 g/mol. The van der Waals surface area contributed by atoms with E-state index in [9.17, 15) is 9.59 Å². The van der Waals surface area contributed by atoms with Crippen molar-refractivity contribution in [2.45, 2.75) is 0 Å². The highest BCUT2D eigenvalue weighted by Crippen LogP contribution is 2.24. The van der Waals surface area contributed by atoms with Crippen molar-refractivity contribution in [3.05, 3.63) is 36.4 Å². The van der Waals surface area contributed by atoms with Gasteiger partial charge in [-0.1, -0.05) is 6.58 Å². The number of carbonyl (C=O) groups excluding carboxylic acids is 2. The molecule has 0 saturated heterocycles. The van der Waals surface area contributed by atoms with Crippen molar-refractivity contribution in [3.63, 3.8) is 0 Å². The molecule has 6 heteroatoms. The van der Waals surface area contributed by atoms with Crippen LogP contribution in [0.5, 0.6) is 11.5 Å². The lowest BCUT2D eigenvalue weighted by atomic mass is 10.2. The zero-order chi connectivity index (χ0) is 15.0. The van der Waals surface area contributed by atoms with Crippen LogP contribution in [0.2, 0.25) is 0 Å². The van der Waals surface area contributed by atoms with Gasteiger partial charge < -0.3 is 18.9 Å². The predicted octanol–water partition coefficient (Wildman–Crippen LogP) is 1.59. The molecule has 0 spiro atoms. The van der Waals surface area contributed by atoms with Crippen LogP contribution in [0.4, 0.5) is 0 Å². The smallest absolute Gasteiger partial charge is 0.342 e. The highest BCUT2D eigenvalue weighted by molar-refractivity contribution is 5.93. The van der Waals surface area contributed by atoms with Crippen molar-refractivity contribution in [1.82, 2.24) is 0 Å². The second-order valence-corrected chi connectivity index (χ2v) is 3.57. The standard InChI is InChI=1S/C14H16O6/c1-4-13(15)19-7-8-20-14(16)11-9-10(17-2)5-6-12(11)18-3/h4-6,9H,1,7-8H2,2-3H3. The summed E-state index contributed by atoms with van der Waals surface area (Å²) < 4.78 is 19.8. The minimum Gasteiger partial charge on any atom is -0.497 e. The molecule has 1 aromatic rings. The first-order chi connectivity index (χ1) is 9.62. The van der Waals surface area contributed by atoms with Crippen LogP contribution < -0.4 is 9.47 Å². The average Bonchev–Trinajstić information content (AvgIpc) is 2.50. The summed E-state index contributed by atoms with van der Waals surface area (Å²) in [5, 5.41) is 0. The second-order valence-electron chi connectivity index (χ2n) is 3.57. The molecule has 20 heavy (non-hydrogen) atoms. The van der Waals surface area contributed by atoms with E-state index in [1.54, 1.807) is 12.1 Å². The number of methoxy groups -OCH3 is 2. The molecule has 0 heterocycles. The number of benzene rings is 1. The van der Waals surface area contributed by atoms with Gasteiger partial charge in [0.1, 0.15) is 30.3 Å². The van der Waals surface area contributed by atoms with Crippen LogP contribution in [0.1, 0.15) is 10.4 Å². The van der Waals surface area contributed by atoms with Crippen LogP contribution in [0.15, 0.2) is 30.9 Å².